The highest BCUT2D eigenvalue weighted by Crippen LogP contribution is 2.34. The van der Waals surface area contributed by atoms with E-state index in [1.807, 2.05) is 19.1 Å². The highest BCUT2D eigenvalue weighted by atomic mass is 16.3. The van der Waals surface area contributed by atoms with Crippen LogP contribution in [0, 0.1) is 13.5 Å². The number of aromatic hydroxyl groups is 1. The number of nitrogens with zero attached hydrogens (tertiary/aromatic N) is 2. The van der Waals surface area contributed by atoms with Gasteiger partial charge in [-0.3, -0.25) is 0 Å². The molecule has 0 radical (unpaired) electrons. The molecule has 4 nitrogen and oxygen atoms in total. The number of aryl methyl sites for hydroxylation is 1. The van der Waals surface area contributed by atoms with Gasteiger partial charge in [0.2, 0.25) is 0 Å². The van der Waals surface area contributed by atoms with Crippen LogP contribution in [0.1, 0.15) is 5.56 Å². The second-order valence-electron chi connectivity index (χ2n) is 4.31. The van der Waals surface area contributed by atoms with E-state index in [9.17, 15) is 5.11 Å². The summed E-state index contributed by atoms with van der Waals surface area (Å²) in [6.45, 7) is 8.95. The number of fused-ring (bicyclic) bond motifs is 1. The molecule has 19 heavy (non-hydrogen) atoms. The number of aromatic nitrogens is 1. The summed E-state index contributed by atoms with van der Waals surface area (Å²) < 4.78 is 5.26. The van der Waals surface area contributed by atoms with Crippen molar-refractivity contribution in [2.24, 2.45) is 0 Å². The van der Waals surface area contributed by atoms with Gasteiger partial charge in [-0.05, 0) is 36.2 Å². The highest BCUT2D eigenvalue weighted by molar-refractivity contribution is 5.94. The Labute approximate surface area is 109 Å². The van der Waals surface area contributed by atoms with Crippen molar-refractivity contribution >= 4 is 16.8 Å². The molecule has 0 aliphatic carbocycles. The first-order valence-electron chi connectivity index (χ1n) is 5.74. The van der Waals surface area contributed by atoms with Gasteiger partial charge in [0.05, 0.1) is 6.57 Å². The minimum absolute atomic E-state index is 0.224. The van der Waals surface area contributed by atoms with Crippen LogP contribution < -0.4 is 0 Å². The molecule has 0 saturated heterocycles. The molecule has 2 aromatic carbocycles. The summed E-state index contributed by atoms with van der Waals surface area (Å²) >= 11 is 0. The Morgan fingerprint density at radius 3 is 2.84 bits per heavy atom. The van der Waals surface area contributed by atoms with Crippen molar-refractivity contribution in [2.45, 2.75) is 6.92 Å². The number of oxazole rings is 1. The Hall–Kier alpha value is -2.80. The number of phenols is 1. The average molecular weight is 250 g/mol. The number of phenolic OH excluding ortho intramolecular Hbond substituents is 1. The lowest BCUT2D eigenvalue weighted by Gasteiger charge is -2.06. The van der Waals surface area contributed by atoms with Crippen LogP contribution in [0.3, 0.4) is 0 Å². The molecule has 0 spiro atoms. The van der Waals surface area contributed by atoms with Gasteiger partial charge in [0, 0.05) is 5.56 Å². The molecule has 0 aliphatic heterocycles. The van der Waals surface area contributed by atoms with E-state index < -0.39 is 0 Å². The molecule has 3 aromatic rings. The van der Waals surface area contributed by atoms with Gasteiger partial charge in [0.15, 0.2) is 12.1 Å². The molecule has 0 fully saturated rings. The summed E-state index contributed by atoms with van der Waals surface area (Å²) in [5, 5.41) is 9.81. The van der Waals surface area contributed by atoms with Gasteiger partial charge in [-0.15, -0.1) is 0 Å². The third kappa shape index (κ3) is 1.81. The van der Waals surface area contributed by atoms with Crippen molar-refractivity contribution in [2.75, 3.05) is 0 Å². The summed E-state index contributed by atoms with van der Waals surface area (Å²) in [5.74, 6) is 0.224. The normalized spacial score (nSPS) is 10.5. The minimum atomic E-state index is 0.224. The minimum Gasteiger partial charge on any atom is -0.508 e. The van der Waals surface area contributed by atoms with E-state index in [0.29, 0.717) is 16.8 Å². The number of rotatable bonds is 1. The largest absolute Gasteiger partial charge is 0.508 e. The Kier molecular flexibility index (Phi) is 2.46. The molecular formula is C15H10N2O2. The van der Waals surface area contributed by atoms with E-state index in [2.05, 4.69) is 9.83 Å². The van der Waals surface area contributed by atoms with Gasteiger partial charge in [-0.2, -0.15) is 0 Å². The van der Waals surface area contributed by atoms with Crippen molar-refractivity contribution < 1.29 is 9.52 Å². The Balaban J connectivity index is 2.31. The van der Waals surface area contributed by atoms with E-state index in [1.165, 1.54) is 6.39 Å². The average Bonchev–Trinajstić information content (AvgIpc) is 2.89. The van der Waals surface area contributed by atoms with Crippen molar-refractivity contribution in [1.29, 1.82) is 0 Å². The van der Waals surface area contributed by atoms with Gasteiger partial charge in [-0.25, -0.2) is 9.83 Å². The summed E-state index contributed by atoms with van der Waals surface area (Å²) in [6.07, 6.45) is 1.36. The third-order valence-corrected chi connectivity index (χ3v) is 3.07. The maximum atomic E-state index is 9.81. The molecule has 0 unspecified atom stereocenters. The van der Waals surface area contributed by atoms with Crippen molar-refractivity contribution in [1.82, 2.24) is 4.98 Å². The highest BCUT2D eigenvalue weighted by Gasteiger charge is 2.11. The first-order chi connectivity index (χ1) is 9.19. The van der Waals surface area contributed by atoms with Crippen molar-refractivity contribution in [3.05, 3.63) is 53.7 Å². The Bertz CT molecular complexity index is 813. The molecule has 1 heterocycles. The molecule has 3 rings (SSSR count). The van der Waals surface area contributed by atoms with Crippen molar-refractivity contribution in [3.63, 3.8) is 0 Å². The molecule has 0 saturated carbocycles. The van der Waals surface area contributed by atoms with Gasteiger partial charge in [0.1, 0.15) is 16.8 Å². The molecule has 0 bridgehead atoms. The van der Waals surface area contributed by atoms with E-state index in [-0.39, 0.29) is 5.75 Å². The zero-order valence-corrected chi connectivity index (χ0v) is 10.2. The number of benzene rings is 2. The van der Waals surface area contributed by atoms with Crippen molar-refractivity contribution in [3.8, 4) is 16.9 Å². The second-order valence-corrected chi connectivity index (χ2v) is 4.31. The quantitative estimate of drug-likeness (QED) is 0.662. The molecule has 0 amide bonds. The zero-order chi connectivity index (χ0) is 13.4. The number of hydrogen-bond donors (Lipinski definition) is 1. The second kappa shape index (κ2) is 4.14. The maximum Gasteiger partial charge on any atom is 0.191 e. The van der Waals surface area contributed by atoms with Crippen LogP contribution in [-0.4, -0.2) is 10.1 Å². The third-order valence-electron chi connectivity index (χ3n) is 3.07. The summed E-state index contributed by atoms with van der Waals surface area (Å²) in [7, 11) is 0. The molecular weight excluding hydrogens is 240 g/mol. The first-order valence-corrected chi connectivity index (χ1v) is 5.74. The fourth-order valence-corrected chi connectivity index (χ4v) is 2.01. The van der Waals surface area contributed by atoms with Gasteiger partial charge in [0.25, 0.3) is 0 Å². The topological polar surface area (TPSA) is 50.6 Å². The van der Waals surface area contributed by atoms with Gasteiger partial charge < -0.3 is 9.52 Å². The van der Waals surface area contributed by atoms with E-state index >= 15 is 0 Å². The SMILES string of the molecule is [C-]#[N+]c1cc(-c2ccc(C)c(O)c2)c2ncoc2c1. The van der Waals surface area contributed by atoms with Gasteiger partial charge in [-0.1, -0.05) is 12.1 Å². The molecule has 92 valence electrons. The monoisotopic (exact) mass is 250 g/mol. The Morgan fingerprint density at radius 2 is 2.11 bits per heavy atom. The predicted molar refractivity (Wildman–Crippen MR) is 72.1 cm³/mol. The number of hydrogen-bond acceptors (Lipinski definition) is 3. The van der Waals surface area contributed by atoms with Crippen LogP contribution in [-0.2, 0) is 0 Å². The lowest BCUT2D eigenvalue weighted by atomic mass is 10.0. The summed E-state index contributed by atoms with van der Waals surface area (Å²) in [6, 6.07) is 8.81. The van der Waals surface area contributed by atoms with Crippen LogP contribution in [0.25, 0.3) is 27.1 Å². The Morgan fingerprint density at radius 1 is 1.26 bits per heavy atom. The van der Waals surface area contributed by atoms with E-state index in [4.69, 9.17) is 11.0 Å². The zero-order valence-electron chi connectivity index (χ0n) is 10.2. The van der Waals surface area contributed by atoms with E-state index in [0.717, 1.165) is 16.7 Å². The first kappa shape index (κ1) is 11.3. The van der Waals surface area contributed by atoms with E-state index in [1.54, 1.807) is 18.2 Å². The van der Waals surface area contributed by atoms with Crippen LogP contribution in [0.5, 0.6) is 5.75 Å². The molecule has 4 heteroatoms. The van der Waals surface area contributed by atoms with Gasteiger partial charge >= 0.3 is 0 Å². The fourth-order valence-electron chi connectivity index (χ4n) is 2.01. The standard InChI is InChI=1S/C15H10N2O2/c1-9-3-4-10(5-13(9)18)12-6-11(16-2)7-14-15(12)17-8-19-14/h3-8,18H,1H3. The molecule has 1 N–H and O–H groups in total. The molecule has 0 atom stereocenters. The maximum absolute atomic E-state index is 9.81. The fraction of sp³-hybridized carbons (Fsp3) is 0.0667. The van der Waals surface area contributed by atoms with Crippen LogP contribution in [0.4, 0.5) is 5.69 Å². The van der Waals surface area contributed by atoms with Crippen LogP contribution >= 0.6 is 0 Å². The smallest absolute Gasteiger partial charge is 0.191 e. The lowest BCUT2D eigenvalue weighted by Crippen LogP contribution is -1.82. The molecule has 0 aliphatic rings. The molecule has 1 aromatic heterocycles. The predicted octanol–water partition coefficient (Wildman–Crippen LogP) is 4.06. The van der Waals surface area contributed by atoms with Crippen LogP contribution in [0.15, 0.2) is 41.1 Å². The lowest BCUT2D eigenvalue weighted by molar-refractivity contribution is 0.471. The van der Waals surface area contributed by atoms with Crippen LogP contribution in [0.2, 0.25) is 0 Å². The summed E-state index contributed by atoms with van der Waals surface area (Å²) in [4.78, 5) is 7.60. The summed E-state index contributed by atoms with van der Waals surface area (Å²) in [5.41, 5.74) is 4.15.